The number of hydrogen-bond acceptors (Lipinski definition) is 3. The van der Waals surface area contributed by atoms with Crippen LogP contribution in [0.2, 0.25) is 0 Å². The topological polar surface area (TPSA) is 79.2 Å². The third-order valence-corrected chi connectivity index (χ3v) is 4.22. The third-order valence-electron chi connectivity index (χ3n) is 4.22. The molecule has 2 rings (SSSR count). The van der Waals surface area contributed by atoms with Crippen LogP contribution in [0.15, 0.2) is 30.3 Å². The molecule has 1 aromatic heterocycles. The van der Waals surface area contributed by atoms with Crippen molar-refractivity contribution in [2.45, 2.75) is 39.8 Å². The van der Waals surface area contributed by atoms with E-state index in [2.05, 4.69) is 29.6 Å². The quantitative estimate of drug-likeness (QED) is 0.681. The average molecular weight is 330 g/mol. The Morgan fingerprint density at radius 3 is 2.54 bits per heavy atom. The molecule has 0 unspecified atom stereocenters. The number of nitrogens with one attached hydrogen (secondary N) is 2. The molecule has 0 saturated heterocycles. The van der Waals surface area contributed by atoms with Gasteiger partial charge in [0, 0.05) is 25.3 Å². The van der Waals surface area contributed by atoms with Gasteiger partial charge in [-0.1, -0.05) is 30.3 Å². The standard InChI is InChI=1S/C18H26N4O2/c1-13-14(2)21-22(15(13)3)11-7-10-19-18(24)20-12-17(23)16-8-5-4-6-9-16/h4-6,8-9,17,23H,7,10-12H2,1-3H3,(H2,19,20,24)/t17-/m0/s1. The lowest BCUT2D eigenvalue weighted by molar-refractivity contribution is 0.173. The van der Waals surface area contributed by atoms with E-state index < -0.39 is 6.10 Å². The Labute approximate surface area is 142 Å². The summed E-state index contributed by atoms with van der Waals surface area (Å²) in [7, 11) is 0. The van der Waals surface area contributed by atoms with Gasteiger partial charge in [-0.25, -0.2) is 4.79 Å². The maximum absolute atomic E-state index is 11.8. The lowest BCUT2D eigenvalue weighted by Crippen LogP contribution is -2.38. The maximum Gasteiger partial charge on any atom is 0.314 e. The summed E-state index contributed by atoms with van der Waals surface area (Å²) < 4.78 is 1.98. The molecule has 2 amide bonds. The number of rotatable bonds is 7. The zero-order valence-corrected chi connectivity index (χ0v) is 14.5. The van der Waals surface area contributed by atoms with Crippen LogP contribution in [0.3, 0.4) is 0 Å². The summed E-state index contributed by atoms with van der Waals surface area (Å²) in [6.45, 7) is 7.64. The fourth-order valence-electron chi connectivity index (χ4n) is 2.48. The van der Waals surface area contributed by atoms with Gasteiger partial charge in [-0.2, -0.15) is 5.10 Å². The van der Waals surface area contributed by atoms with Crippen LogP contribution in [-0.2, 0) is 6.54 Å². The molecule has 6 heteroatoms. The van der Waals surface area contributed by atoms with E-state index in [-0.39, 0.29) is 12.6 Å². The predicted octanol–water partition coefficient (Wildman–Crippen LogP) is 2.23. The number of amides is 2. The summed E-state index contributed by atoms with van der Waals surface area (Å²) in [4.78, 5) is 11.8. The minimum absolute atomic E-state index is 0.187. The molecule has 2 aromatic rings. The Morgan fingerprint density at radius 1 is 1.21 bits per heavy atom. The first-order valence-corrected chi connectivity index (χ1v) is 8.24. The van der Waals surface area contributed by atoms with E-state index in [0.29, 0.717) is 6.54 Å². The van der Waals surface area contributed by atoms with Crippen molar-refractivity contribution in [2.75, 3.05) is 13.1 Å². The molecule has 1 heterocycles. The Kier molecular flexibility index (Phi) is 6.37. The van der Waals surface area contributed by atoms with Crippen LogP contribution in [0.25, 0.3) is 0 Å². The first-order valence-electron chi connectivity index (χ1n) is 8.24. The number of benzene rings is 1. The lowest BCUT2D eigenvalue weighted by atomic mass is 10.1. The van der Waals surface area contributed by atoms with Gasteiger partial charge in [0.15, 0.2) is 0 Å². The Balaban J connectivity index is 1.65. The number of aliphatic hydroxyl groups is 1. The normalized spacial score (nSPS) is 12.0. The van der Waals surface area contributed by atoms with Gasteiger partial charge >= 0.3 is 6.03 Å². The summed E-state index contributed by atoms with van der Waals surface area (Å²) in [6.07, 6.45) is 0.102. The van der Waals surface area contributed by atoms with Crippen LogP contribution in [0.5, 0.6) is 0 Å². The lowest BCUT2D eigenvalue weighted by Gasteiger charge is -2.13. The van der Waals surface area contributed by atoms with Crippen molar-refractivity contribution >= 4 is 6.03 Å². The van der Waals surface area contributed by atoms with Crippen LogP contribution < -0.4 is 10.6 Å². The Hall–Kier alpha value is -2.34. The predicted molar refractivity (Wildman–Crippen MR) is 93.9 cm³/mol. The summed E-state index contributed by atoms with van der Waals surface area (Å²) >= 11 is 0. The van der Waals surface area contributed by atoms with E-state index in [1.165, 1.54) is 11.3 Å². The SMILES string of the molecule is Cc1nn(CCCNC(=O)NC[C@H](O)c2ccccc2)c(C)c1C. The van der Waals surface area contributed by atoms with Crippen molar-refractivity contribution in [1.82, 2.24) is 20.4 Å². The number of carbonyl (C=O) groups excluding carboxylic acids is 1. The number of nitrogens with zero attached hydrogens (tertiary/aromatic N) is 2. The monoisotopic (exact) mass is 330 g/mol. The third kappa shape index (κ3) is 4.83. The molecule has 0 saturated carbocycles. The fourth-order valence-corrected chi connectivity index (χ4v) is 2.48. The zero-order valence-electron chi connectivity index (χ0n) is 14.5. The van der Waals surface area contributed by atoms with Crippen molar-refractivity contribution < 1.29 is 9.90 Å². The van der Waals surface area contributed by atoms with Gasteiger partial charge in [0.1, 0.15) is 0 Å². The minimum Gasteiger partial charge on any atom is -0.387 e. The highest BCUT2D eigenvalue weighted by molar-refractivity contribution is 5.73. The molecule has 0 spiro atoms. The zero-order chi connectivity index (χ0) is 17.5. The Bertz CT molecular complexity index is 667. The highest BCUT2D eigenvalue weighted by Crippen LogP contribution is 2.11. The summed E-state index contributed by atoms with van der Waals surface area (Å²) in [5.41, 5.74) is 4.23. The largest absolute Gasteiger partial charge is 0.387 e. The molecule has 0 fully saturated rings. The molecule has 0 aliphatic heterocycles. The molecule has 6 nitrogen and oxygen atoms in total. The van der Waals surface area contributed by atoms with Crippen LogP contribution in [0.1, 0.15) is 35.0 Å². The van der Waals surface area contributed by atoms with E-state index in [4.69, 9.17) is 0 Å². The van der Waals surface area contributed by atoms with Crippen molar-refractivity contribution in [3.8, 4) is 0 Å². The number of aromatic nitrogens is 2. The maximum atomic E-state index is 11.8. The van der Waals surface area contributed by atoms with Crippen molar-refractivity contribution in [3.63, 3.8) is 0 Å². The summed E-state index contributed by atoms with van der Waals surface area (Å²) in [5, 5.41) is 19.9. The number of urea groups is 1. The van der Waals surface area contributed by atoms with E-state index in [0.717, 1.165) is 24.2 Å². The van der Waals surface area contributed by atoms with Crippen LogP contribution in [-0.4, -0.2) is 34.0 Å². The van der Waals surface area contributed by atoms with Crippen molar-refractivity contribution in [2.24, 2.45) is 0 Å². The Morgan fingerprint density at radius 2 is 1.92 bits per heavy atom. The van der Waals surface area contributed by atoms with Gasteiger partial charge in [0.2, 0.25) is 0 Å². The van der Waals surface area contributed by atoms with Crippen molar-refractivity contribution in [3.05, 3.63) is 52.8 Å². The number of carbonyl (C=O) groups is 1. The molecule has 24 heavy (non-hydrogen) atoms. The second-order valence-electron chi connectivity index (χ2n) is 5.94. The molecular weight excluding hydrogens is 304 g/mol. The number of aryl methyl sites for hydroxylation is 2. The van der Waals surface area contributed by atoms with E-state index >= 15 is 0 Å². The highest BCUT2D eigenvalue weighted by Gasteiger charge is 2.09. The number of hydrogen-bond donors (Lipinski definition) is 3. The van der Waals surface area contributed by atoms with Crippen molar-refractivity contribution in [1.29, 1.82) is 0 Å². The highest BCUT2D eigenvalue weighted by atomic mass is 16.3. The average Bonchev–Trinajstić information content (AvgIpc) is 2.84. The molecular formula is C18H26N4O2. The van der Waals surface area contributed by atoms with E-state index in [9.17, 15) is 9.90 Å². The van der Waals surface area contributed by atoms with Crippen LogP contribution in [0, 0.1) is 20.8 Å². The first kappa shape index (κ1) is 18.0. The molecule has 0 radical (unpaired) electrons. The second kappa shape index (κ2) is 8.49. The molecule has 0 bridgehead atoms. The van der Waals surface area contributed by atoms with Crippen LogP contribution >= 0.6 is 0 Å². The van der Waals surface area contributed by atoms with Gasteiger partial charge in [0.25, 0.3) is 0 Å². The second-order valence-corrected chi connectivity index (χ2v) is 5.94. The molecule has 0 aliphatic rings. The van der Waals surface area contributed by atoms with Gasteiger partial charge in [-0.05, 0) is 38.3 Å². The molecule has 1 aromatic carbocycles. The van der Waals surface area contributed by atoms with Gasteiger partial charge in [0.05, 0.1) is 11.8 Å². The number of aliphatic hydroxyl groups excluding tert-OH is 1. The molecule has 1 atom stereocenters. The van der Waals surface area contributed by atoms with E-state index in [1.54, 1.807) is 0 Å². The minimum atomic E-state index is -0.699. The summed E-state index contributed by atoms with van der Waals surface area (Å²) in [6, 6.07) is 9.01. The summed E-state index contributed by atoms with van der Waals surface area (Å²) in [5.74, 6) is 0. The first-order chi connectivity index (χ1) is 11.5. The fraction of sp³-hybridized carbons (Fsp3) is 0.444. The van der Waals surface area contributed by atoms with E-state index in [1.807, 2.05) is 41.9 Å². The molecule has 0 aliphatic carbocycles. The molecule has 3 N–H and O–H groups in total. The molecule has 130 valence electrons. The van der Waals surface area contributed by atoms with Gasteiger partial charge in [-0.15, -0.1) is 0 Å². The smallest absolute Gasteiger partial charge is 0.314 e. The van der Waals surface area contributed by atoms with Crippen LogP contribution in [0.4, 0.5) is 4.79 Å². The van der Waals surface area contributed by atoms with Gasteiger partial charge < -0.3 is 15.7 Å². The van der Waals surface area contributed by atoms with Gasteiger partial charge in [-0.3, -0.25) is 4.68 Å².